The van der Waals surface area contributed by atoms with Crippen LogP contribution >= 0.6 is 0 Å². The zero-order valence-electron chi connectivity index (χ0n) is 8.85. The summed E-state index contributed by atoms with van der Waals surface area (Å²) in [6, 6.07) is 7.57. The highest BCUT2D eigenvalue weighted by Crippen LogP contribution is 2.29. The van der Waals surface area contributed by atoms with Crippen molar-refractivity contribution >= 4 is 0 Å². The van der Waals surface area contributed by atoms with E-state index in [0.717, 1.165) is 0 Å². The lowest BCUT2D eigenvalue weighted by Crippen LogP contribution is -2.14. The van der Waals surface area contributed by atoms with Gasteiger partial charge in [-0.3, -0.25) is 0 Å². The summed E-state index contributed by atoms with van der Waals surface area (Å²) in [6.45, 7) is -2.87. The van der Waals surface area contributed by atoms with Gasteiger partial charge >= 0.3 is 6.61 Å². The molecule has 3 nitrogen and oxygen atoms in total. The van der Waals surface area contributed by atoms with Gasteiger partial charge in [-0.1, -0.05) is 18.2 Å². The molecule has 1 heterocycles. The molecule has 0 radical (unpaired) electrons. The molecule has 0 spiro atoms. The van der Waals surface area contributed by atoms with E-state index in [4.69, 9.17) is 10.2 Å². The van der Waals surface area contributed by atoms with Gasteiger partial charge in [0.15, 0.2) is 0 Å². The van der Waals surface area contributed by atoms with Crippen LogP contribution in [-0.2, 0) is 0 Å². The molecule has 0 aliphatic heterocycles. The Morgan fingerprint density at radius 3 is 2.59 bits per heavy atom. The van der Waals surface area contributed by atoms with Crippen LogP contribution in [-0.4, -0.2) is 6.61 Å². The summed E-state index contributed by atoms with van der Waals surface area (Å²) in [4.78, 5) is 0. The number of furan rings is 1. The van der Waals surface area contributed by atoms with Gasteiger partial charge in [0.25, 0.3) is 0 Å². The van der Waals surface area contributed by atoms with E-state index in [9.17, 15) is 8.78 Å². The van der Waals surface area contributed by atoms with Crippen molar-refractivity contribution in [3.8, 4) is 5.75 Å². The molecular weight excluding hydrogens is 228 g/mol. The van der Waals surface area contributed by atoms with Crippen molar-refractivity contribution in [3.63, 3.8) is 0 Å². The molecule has 0 aliphatic rings. The number of alkyl halides is 2. The first-order valence-electron chi connectivity index (χ1n) is 5.00. The van der Waals surface area contributed by atoms with E-state index in [2.05, 4.69) is 4.74 Å². The van der Waals surface area contributed by atoms with Gasteiger partial charge in [-0.05, 0) is 12.1 Å². The molecule has 0 aliphatic carbocycles. The zero-order chi connectivity index (χ0) is 12.3. The minimum Gasteiger partial charge on any atom is -0.472 e. The Hall–Kier alpha value is -1.88. The predicted octanol–water partition coefficient (Wildman–Crippen LogP) is 2.93. The molecule has 0 saturated carbocycles. The number of halogens is 2. The Morgan fingerprint density at radius 1 is 1.18 bits per heavy atom. The van der Waals surface area contributed by atoms with Crippen molar-refractivity contribution in [1.29, 1.82) is 0 Å². The largest absolute Gasteiger partial charge is 0.472 e. The average molecular weight is 239 g/mol. The molecule has 1 aromatic heterocycles. The third kappa shape index (κ3) is 2.62. The highest BCUT2D eigenvalue weighted by molar-refractivity contribution is 5.40. The number of rotatable bonds is 4. The van der Waals surface area contributed by atoms with Crippen LogP contribution in [0.4, 0.5) is 8.78 Å². The third-order valence-electron chi connectivity index (χ3n) is 2.37. The van der Waals surface area contributed by atoms with Crippen molar-refractivity contribution in [3.05, 3.63) is 54.0 Å². The maximum atomic E-state index is 12.2. The van der Waals surface area contributed by atoms with Crippen LogP contribution in [0, 0.1) is 0 Å². The maximum absolute atomic E-state index is 12.2. The van der Waals surface area contributed by atoms with E-state index in [1.165, 1.54) is 18.6 Å². The second-order valence-electron chi connectivity index (χ2n) is 3.45. The Morgan fingerprint density at radius 2 is 1.94 bits per heavy atom. The monoisotopic (exact) mass is 239 g/mol. The quantitative estimate of drug-likeness (QED) is 0.892. The highest BCUT2D eigenvalue weighted by atomic mass is 19.3. The molecule has 0 fully saturated rings. The number of nitrogens with two attached hydrogens (primary N) is 1. The average Bonchev–Trinajstić information content (AvgIpc) is 2.81. The topological polar surface area (TPSA) is 48.4 Å². The van der Waals surface area contributed by atoms with Gasteiger partial charge in [-0.2, -0.15) is 8.78 Å². The summed E-state index contributed by atoms with van der Waals surface area (Å²) in [5.74, 6) is 0.0798. The summed E-state index contributed by atoms with van der Waals surface area (Å²) in [6.07, 6.45) is 2.95. The van der Waals surface area contributed by atoms with Gasteiger partial charge in [0.2, 0.25) is 0 Å². The molecule has 17 heavy (non-hydrogen) atoms. The van der Waals surface area contributed by atoms with Crippen LogP contribution in [0.5, 0.6) is 5.75 Å². The molecule has 1 aromatic carbocycles. The number of ether oxygens (including phenoxy) is 1. The highest BCUT2D eigenvalue weighted by Gasteiger charge is 2.16. The molecule has 2 aromatic rings. The van der Waals surface area contributed by atoms with E-state index < -0.39 is 12.7 Å². The van der Waals surface area contributed by atoms with Crippen LogP contribution in [0.1, 0.15) is 17.2 Å². The standard InChI is InChI=1S/C12H11F2NO2/c13-12(14)17-10-4-2-1-3-9(10)11(15)8-5-6-16-7-8/h1-7,11-12H,15H2. The fourth-order valence-electron chi connectivity index (χ4n) is 1.57. The lowest BCUT2D eigenvalue weighted by Gasteiger charge is -2.15. The second kappa shape index (κ2) is 4.97. The van der Waals surface area contributed by atoms with E-state index in [1.54, 1.807) is 24.3 Å². The summed E-state index contributed by atoms with van der Waals surface area (Å²) in [5, 5.41) is 0. The molecule has 0 amide bonds. The number of benzene rings is 1. The normalized spacial score (nSPS) is 12.7. The van der Waals surface area contributed by atoms with Crippen LogP contribution in [0.25, 0.3) is 0 Å². The minimum absolute atomic E-state index is 0.0798. The summed E-state index contributed by atoms with van der Waals surface area (Å²) in [7, 11) is 0. The van der Waals surface area contributed by atoms with E-state index in [1.807, 2.05) is 0 Å². The van der Waals surface area contributed by atoms with Crippen LogP contribution in [0.3, 0.4) is 0 Å². The minimum atomic E-state index is -2.87. The molecule has 1 unspecified atom stereocenters. The van der Waals surface area contributed by atoms with Crippen molar-refractivity contribution in [1.82, 2.24) is 0 Å². The van der Waals surface area contributed by atoms with Gasteiger partial charge < -0.3 is 14.9 Å². The first kappa shape index (κ1) is 11.6. The van der Waals surface area contributed by atoms with Crippen molar-refractivity contribution < 1.29 is 17.9 Å². The molecule has 5 heteroatoms. The number of hydrogen-bond acceptors (Lipinski definition) is 3. The van der Waals surface area contributed by atoms with Crippen LogP contribution in [0.15, 0.2) is 47.3 Å². The molecule has 2 N–H and O–H groups in total. The summed E-state index contributed by atoms with van der Waals surface area (Å²) >= 11 is 0. The Bertz CT molecular complexity index is 471. The first-order valence-corrected chi connectivity index (χ1v) is 5.00. The SMILES string of the molecule is NC(c1ccoc1)c1ccccc1OC(F)F. The van der Waals surface area contributed by atoms with E-state index in [0.29, 0.717) is 11.1 Å². The zero-order valence-corrected chi connectivity index (χ0v) is 8.85. The summed E-state index contributed by atoms with van der Waals surface area (Å²) < 4.78 is 33.8. The van der Waals surface area contributed by atoms with Crippen molar-refractivity contribution in [2.24, 2.45) is 5.73 Å². The van der Waals surface area contributed by atoms with Crippen LogP contribution < -0.4 is 10.5 Å². The van der Waals surface area contributed by atoms with Crippen molar-refractivity contribution in [2.45, 2.75) is 12.7 Å². The number of para-hydroxylation sites is 1. The number of hydrogen-bond donors (Lipinski definition) is 1. The van der Waals surface area contributed by atoms with Crippen LogP contribution in [0.2, 0.25) is 0 Å². The molecule has 2 rings (SSSR count). The van der Waals surface area contributed by atoms with Gasteiger partial charge in [-0.25, -0.2) is 0 Å². The molecule has 0 saturated heterocycles. The molecule has 90 valence electrons. The Labute approximate surface area is 96.8 Å². The fourth-order valence-corrected chi connectivity index (χ4v) is 1.57. The Balaban J connectivity index is 2.31. The van der Waals surface area contributed by atoms with E-state index >= 15 is 0 Å². The smallest absolute Gasteiger partial charge is 0.387 e. The van der Waals surface area contributed by atoms with Gasteiger partial charge in [0, 0.05) is 11.1 Å². The lowest BCUT2D eigenvalue weighted by atomic mass is 10.0. The first-order chi connectivity index (χ1) is 8.18. The fraction of sp³-hybridized carbons (Fsp3) is 0.167. The molecular formula is C12H11F2NO2. The second-order valence-corrected chi connectivity index (χ2v) is 3.45. The van der Waals surface area contributed by atoms with Gasteiger partial charge in [0.05, 0.1) is 18.6 Å². The Kier molecular flexibility index (Phi) is 3.39. The molecule has 0 bridgehead atoms. The predicted molar refractivity (Wildman–Crippen MR) is 57.8 cm³/mol. The molecule has 1 atom stereocenters. The van der Waals surface area contributed by atoms with Crippen molar-refractivity contribution in [2.75, 3.05) is 0 Å². The lowest BCUT2D eigenvalue weighted by molar-refractivity contribution is -0.0505. The maximum Gasteiger partial charge on any atom is 0.387 e. The summed E-state index contributed by atoms with van der Waals surface area (Å²) in [5.41, 5.74) is 7.15. The van der Waals surface area contributed by atoms with Gasteiger partial charge in [0.1, 0.15) is 5.75 Å². The van der Waals surface area contributed by atoms with Gasteiger partial charge in [-0.15, -0.1) is 0 Å². The van der Waals surface area contributed by atoms with E-state index in [-0.39, 0.29) is 5.75 Å². The third-order valence-corrected chi connectivity index (χ3v) is 2.37.